The fourth-order valence-electron chi connectivity index (χ4n) is 3.94. The summed E-state index contributed by atoms with van der Waals surface area (Å²) in [6, 6.07) is 15.0. The summed E-state index contributed by atoms with van der Waals surface area (Å²) in [7, 11) is 3.55. The van der Waals surface area contributed by atoms with Crippen molar-refractivity contribution in [1.82, 2.24) is 14.1 Å². The van der Waals surface area contributed by atoms with Crippen LogP contribution in [0.25, 0.3) is 32.0 Å². The number of hydrogen-bond acceptors (Lipinski definition) is 5. The van der Waals surface area contributed by atoms with E-state index in [-0.39, 0.29) is 11.5 Å². The number of carbonyl (C=O) groups excluding carboxylic acids is 1. The minimum absolute atomic E-state index is 0.133. The molecule has 0 aliphatic carbocycles. The highest BCUT2D eigenvalue weighted by Gasteiger charge is 2.20. The molecule has 0 saturated carbocycles. The number of thiazole rings is 1. The number of para-hydroxylation sites is 1. The van der Waals surface area contributed by atoms with Crippen molar-refractivity contribution < 1.29 is 9.53 Å². The predicted octanol–water partition coefficient (Wildman–Crippen LogP) is 4.29. The maximum atomic E-state index is 13.1. The Balaban J connectivity index is 1.57. The Hall–Kier alpha value is -3.65. The molecule has 0 atom stereocenters. The zero-order valence-electron chi connectivity index (χ0n) is 17.3. The second-order valence-corrected chi connectivity index (χ2v) is 8.30. The van der Waals surface area contributed by atoms with Gasteiger partial charge in [0.1, 0.15) is 11.4 Å². The molecule has 0 spiro atoms. The van der Waals surface area contributed by atoms with Crippen molar-refractivity contribution in [3.05, 3.63) is 64.6 Å². The van der Waals surface area contributed by atoms with E-state index in [1.807, 2.05) is 49.4 Å². The van der Waals surface area contributed by atoms with Gasteiger partial charge in [-0.15, -0.1) is 0 Å². The molecule has 1 amide bonds. The highest BCUT2D eigenvalue weighted by Crippen LogP contribution is 2.30. The van der Waals surface area contributed by atoms with Crippen molar-refractivity contribution >= 4 is 54.4 Å². The second kappa shape index (κ2) is 7.24. The van der Waals surface area contributed by atoms with Crippen molar-refractivity contribution in [2.24, 2.45) is 14.1 Å². The zero-order chi connectivity index (χ0) is 21.7. The van der Waals surface area contributed by atoms with Gasteiger partial charge in [0.2, 0.25) is 0 Å². The van der Waals surface area contributed by atoms with Gasteiger partial charge in [0.05, 0.1) is 33.2 Å². The highest BCUT2D eigenvalue weighted by atomic mass is 32.1. The maximum absolute atomic E-state index is 13.1. The zero-order valence-corrected chi connectivity index (χ0v) is 18.1. The van der Waals surface area contributed by atoms with Gasteiger partial charge >= 0.3 is 0 Å². The number of hydrogen-bond donors (Lipinski definition) is 1. The third-order valence-corrected chi connectivity index (χ3v) is 6.35. The Bertz CT molecular complexity index is 1540. The predicted molar refractivity (Wildman–Crippen MR) is 124 cm³/mol. The van der Waals surface area contributed by atoms with E-state index in [4.69, 9.17) is 4.74 Å². The van der Waals surface area contributed by atoms with Gasteiger partial charge in [0, 0.05) is 19.5 Å². The molecule has 0 fully saturated rings. The summed E-state index contributed by atoms with van der Waals surface area (Å²) < 4.78 is 9.85. The fourth-order valence-corrected chi connectivity index (χ4v) is 4.83. The Morgan fingerprint density at radius 1 is 1.10 bits per heavy atom. The monoisotopic (exact) mass is 432 g/mol. The largest absolute Gasteiger partial charge is 0.494 e. The second-order valence-electron chi connectivity index (χ2n) is 7.27. The van der Waals surface area contributed by atoms with E-state index in [1.54, 1.807) is 29.3 Å². The molecule has 0 bridgehead atoms. The molecule has 1 N–H and O–H groups in total. The summed E-state index contributed by atoms with van der Waals surface area (Å²) in [6.07, 6.45) is 0. The van der Waals surface area contributed by atoms with E-state index in [9.17, 15) is 9.59 Å². The van der Waals surface area contributed by atoms with Crippen molar-refractivity contribution in [2.45, 2.75) is 6.92 Å². The van der Waals surface area contributed by atoms with Crippen LogP contribution in [0.5, 0.6) is 5.75 Å². The third kappa shape index (κ3) is 3.07. The molecule has 0 aliphatic rings. The molecule has 156 valence electrons. The van der Waals surface area contributed by atoms with Gasteiger partial charge in [-0.1, -0.05) is 29.5 Å². The summed E-state index contributed by atoms with van der Waals surface area (Å²) in [4.78, 5) is 30.5. The van der Waals surface area contributed by atoms with Crippen LogP contribution in [0, 0.1) is 0 Å². The van der Waals surface area contributed by atoms with Crippen LogP contribution in [-0.2, 0) is 14.1 Å². The summed E-state index contributed by atoms with van der Waals surface area (Å²) >= 11 is 1.38. The van der Waals surface area contributed by atoms with Crippen molar-refractivity contribution in [2.75, 3.05) is 11.9 Å². The molecule has 5 rings (SSSR count). The Morgan fingerprint density at radius 3 is 2.71 bits per heavy atom. The van der Waals surface area contributed by atoms with E-state index in [0.29, 0.717) is 22.8 Å². The fraction of sp³-hybridized carbons (Fsp3) is 0.174. The van der Waals surface area contributed by atoms with Gasteiger partial charge in [0.15, 0.2) is 5.13 Å². The number of carbonyl (C=O) groups is 1. The number of anilines is 1. The van der Waals surface area contributed by atoms with Gasteiger partial charge in [0.25, 0.3) is 11.5 Å². The number of aryl methyl sites for hydroxylation is 2. The lowest BCUT2D eigenvalue weighted by Gasteiger charge is -2.08. The van der Waals surface area contributed by atoms with E-state index < -0.39 is 0 Å². The minimum Gasteiger partial charge on any atom is -0.494 e. The smallest absolute Gasteiger partial charge is 0.274 e. The summed E-state index contributed by atoms with van der Waals surface area (Å²) in [5.74, 6) is 0.460. The Kier molecular flexibility index (Phi) is 4.51. The number of fused-ring (bicyclic) bond motifs is 4. The lowest BCUT2D eigenvalue weighted by Crippen LogP contribution is -2.17. The lowest BCUT2D eigenvalue weighted by atomic mass is 10.1. The first-order valence-corrected chi connectivity index (χ1v) is 10.7. The SMILES string of the molecule is CCOc1ccc2nc(NC(=O)c3cc4c(=O)n(C)c5ccccc5c4n3C)sc2c1. The molecule has 0 aliphatic heterocycles. The number of amides is 1. The summed E-state index contributed by atoms with van der Waals surface area (Å²) in [5.41, 5.74) is 2.63. The number of aromatic nitrogens is 3. The molecule has 0 radical (unpaired) electrons. The number of nitrogens with one attached hydrogen (secondary N) is 1. The topological polar surface area (TPSA) is 78.2 Å². The average Bonchev–Trinajstić information content (AvgIpc) is 3.32. The first-order valence-electron chi connectivity index (χ1n) is 9.90. The van der Waals surface area contributed by atoms with Crippen molar-refractivity contribution in [3.8, 4) is 5.75 Å². The van der Waals surface area contributed by atoms with Gasteiger partial charge in [-0.2, -0.15) is 0 Å². The number of rotatable bonds is 4. The van der Waals surface area contributed by atoms with Crippen LogP contribution < -0.4 is 15.6 Å². The van der Waals surface area contributed by atoms with Gasteiger partial charge in [-0.3, -0.25) is 14.9 Å². The molecule has 0 unspecified atom stereocenters. The minimum atomic E-state index is -0.311. The van der Waals surface area contributed by atoms with Crippen LogP contribution in [0.4, 0.5) is 5.13 Å². The highest BCUT2D eigenvalue weighted by molar-refractivity contribution is 7.22. The normalized spacial score (nSPS) is 11.5. The average molecular weight is 433 g/mol. The number of pyridine rings is 1. The molecule has 2 aromatic carbocycles. The van der Waals surface area contributed by atoms with E-state index >= 15 is 0 Å². The molecule has 5 aromatic rings. The molecular weight excluding hydrogens is 412 g/mol. The lowest BCUT2D eigenvalue weighted by molar-refractivity contribution is 0.102. The Labute approximate surface area is 181 Å². The number of nitrogens with zero attached hydrogens (tertiary/aromatic N) is 3. The molecule has 7 nitrogen and oxygen atoms in total. The number of benzene rings is 2. The van der Waals surface area contributed by atoms with Crippen molar-refractivity contribution in [3.63, 3.8) is 0 Å². The van der Waals surface area contributed by atoms with Gasteiger partial charge in [-0.05, 0) is 37.3 Å². The van der Waals surface area contributed by atoms with Gasteiger partial charge in [-0.25, -0.2) is 4.98 Å². The third-order valence-electron chi connectivity index (χ3n) is 5.41. The van der Waals surface area contributed by atoms with E-state index in [0.717, 1.165) is 32.4 Å². The molecule has 3 heterocycles. The number of ether oxygens (including phenoxy) is 1. The molecule has 8 heteroatoms. The van der Waals surface area contributed by atoms with Gasteiger partial charge < -0.3 is 13.9 Å². The molecular formula is C23H20N4O3S. The standard InChI is InChI=1S/C23H20N4O3S/c1-4-30-13-9-10-16-19(11-13)31-23(24-16)25-21(28)18-12-15-20(26(18)2)14-7-5-6-8-17(14)27(3)22(15)29/h5-12H,4H2,1-3H3,(H,24,25,28). The van der Waals surface area contributed by atoms with Crippen LogP contribution in [0.3, 0.4) is 0 Å². The molecule has 3 aromatic heterocycles. The van der Waals surface area contributed by atoms with E-state index in [1.165, 1.54) is 11.3 Å². The van der Waals surface area contributed by atoms with Crippen LogP contribution in [0.2, 0.25) is 0 Å². The van der Waals surface area contributed by atoms with Crippen LogP contribution in [-0.4, -0.2) is 26.6 Å². The van der Waals surface area contributed by atoms with Crippen LogP contribution >= 0.6 is 11.3 Å². The quantitative estimate of drug-likeness (QED) is 0.460. The first kappa shape index (κ1) is 19.3. The van der Waals surface area contributed by atoms with E-state index in [2.05, 4.69) is 10.3 Å². The maximum Gasteiger partial charge on any atom is 0.274 e. The first-order chi connectivity index (χ1) is 15.0. The molecule has 0 saturated heterocycles. The summed E-state index contributed by atoms with van der Waals surface area (Å²) in [5, 5.41) is 4.81. The summed E-state index contributed by atoms with van der Waals surface area (Å²) in [6.45, 7) is 2.52. The Morgan fingerprint density at radius 2 is 1.90 bits per heavy atom. The van der Waals surface area contributed by atoms with Crippen LogP contribution in [0.1, 0.15) is 17.4 Å². The van der Waals surface area contributed by atoms with Crippen molar-refractivity contribution in [1.29, 1.82) is 0 Å². The van der Waals surface area contributed by atoms with Crippen LogP contribution in [0.15, 0.2) is 53.3 Å². The molecule has 31 heavy (non-hydrogen) atoms.